The lowest BCUT2D eigenvalue weighted by molar-refractivity contribution is 0.102. The van der Waals surface area contributed by atoms with Gasteiger partial charge in [0.1, 0.15) is 17.7 Å². The fourth-order valence-electron chi connectivity index (χ4n) is 2.55. The number of pyridine rings is 1. The Kier molecular flexibility index (Phi) is 3.27. The average Bonchev–Trinajstić information content (AvgIpc) is 3.22. The molecule has 0 aliphatic rings. The van der Waals surface area contributed by atoms with Crippen molar-refractivity contribution in [1.29, 1.82) is 0 Å². The summed E-state index contributed by atoms with van der Waals surface area (Å²) in [4.78, 5) is 17.0. The molecular weight excluding hydrogens is 306 g/mol. The lowest BCUT2D eigenvalue weighted by Gasteiger charge is -2.07. The highest BCUT2D eigenvalue weighted by Gasteiger charge is 2.16. The summed E-state index contributed by atoms with van der Waals surface area (Å²) in [6, 6.07) is 12.9. The molecule has 8 nitrogen and oxygen atoms in total. The van der Waals surface area contributed by atoms with Crippen LogP contribution in [-0.4, -0.2) is 35.5 Å². The minimum Gasteiger partial charge on any atom is -0.321 e. The Morgan fingerprint density at radius 2 is 1.96 bits per heavy atom. The molecule has 3 aromatic heterocycles. The van der Waals surface area contributed by atoms with E-state index < -0.39 is 0 Å². The first-order valence-corrected chi connectivity index (χ1v) is 7.31. The SMILES string of the molecule is Cc1nc2ccccn2c1C(=O)Nc1ccc(-n2cnnn2)cc1. The molecule has 0 spiro atoms. The van der Waals surface area contributed by atoms with Crippen LogP contribution in [0.4, 0.5) is 5.69 Å². The number of benzene rings is 1. The maximum absolute atomic E-state index is 12.6. The maximum atomic E-state index is 12.6. The molecule has 4 aromatic rings. The van der Waals surface area contributed by atoms with Crippen molar-refractivity contribution in [3.63, 3.8) is 0 Å². The van der Waals surface area contributed by atoms with Crippen molar-refractivity contribution in [2.24, 2.45) is 0 Å². The van der Waals surface area contributed by atoms with Crippen molar-refractivity contribution in [2.45, 2.75) is 6.92 Å². The normalized spacial score (nSPS) is 10.9. The number of rotatable bonds is 3. The number of aryl methyl sites for hydroxylation is 1. The van der Waals surface area contributed by atoms with Crippen LogP contribution in [0.5, 0.6) is 0 Å². The number of amides is 1. The molecule has 4 rings (SSSR count). The molecule has 8 heteroatoms. The van der Waals surface area contributed by atoms with E-state index in [-0.39, 0.29) is 5.91 Å². The van der Waals surface area contributed by atoms with Gasteiger partial charge in [0.05, 0.1) is 11.4 Å². The van der Waals surface area contributed by atoms with E-state index in [1.807, 2.05) is 43.5 Å². The highest BCUT2D eigenvalue weighted by atomic mass is 16.2. The van der Waals surface area contributed by atoms with Crippen LogP contribution in [-0.2, 0) is 0 Å². The highest BCUT2D eigenvalue weighted by Crippen LogP contribution is 2.16. The van der Waals surface area contributed by atoms with Gasteiger partial charge in [-0.05, 0) is 53.7 Å². The van der Waals surface area contributed by atoms with Gasteiger partial charge in [-0.1, -0.05) is 6.07 Å². The van der Waals surface area contributed by atoms with Gasteiger partial charge in [0, 0.05) is 11.9 Å². The Labute approximate surface area is 136 Å². The predicted octanol–water partition coefficient (Wildman–Crippen LogP) is 1.87. The van der Waals surface area contributed by atoms with Crippen molar-refractivity contribution in [3.8, 4) is 5.69 Å². The molecule has 0 atom stereocenters. The summed E-state index contributed by atoms with van der Waals surface area (Å²) < 4.78 is 3.32. The van der Waals surface area contributed by atoms with Crippen molar-refractivity contribution in [3.05, 3.63) is 66.4 Å². The summed E-state index contributed by atoms with van der Waals surface area (Å²) in [5, 5.41) is 13.9. The maximum Gasteiger partial charge on any atom is 0.274 e. The molecule has 0 bridgehead atoms. The second kappa shape index (κ2) is 5.58. The molecule has 1 aromatic carbocycles. The Balaban J connectivity index is 1.60. The predicted molar refractivity (Wildman–Crippen MR) is 87.0 cm³/mol. The molecule has 0 aliphatic carbocycles. The zero-order chi connectivity index (χ0) is 16.5. The Morgan fingerprint density at radius 1 is 1.12 bits per heavy atom. The summed E-state index contributed by atoms with van der Waals surface area (Å²) in [5.74, 6) is -0.207. The second-order valence-corrected chi connectivity index (χ2v) is 5.23. The molecule has 24 heavy (non-hydrogen) atoms. The molecule has 1 N–H and O–H groups in total. The number of nitrogens with one attached hydrogen (secondary N) is 1. The van der Waals surface area contributed by atoms with E-state index in [1.54, 1.807) is 21.2 Å². The Bertz CT molecular complexity index is 1000. The number of carbonyl (C=O) groups is 1. The molecule has 118 valence electrons. The smallest absolute Gasteiger partial charge is 0.274 e. The van der Waals surface area contributed by atoms with Crippen LogP contribution in [0.1, 0.15) is 16.2 Å². The highest BCUT2D eigenvalue weighted by molar-refractivity contribution is 6.04. The molecule has 3 heterocycles. The summed E-state index contributed by atoms with van der Waals surface area (Å²) in [5.41, 5.74) is 3.44. The molecule has 1 amide bonds. The largest absolute Gasteiger partial charge is 0.321 e. The number of anilines is 1. The van der Waals surface area contributed by atoms with Crippen molar-refractivity contribution < 1.29 is 4.79 Å². The van der Waals surface area contributed by atoms with Gasteiger partial charge < -0.3 is 5.32 Å². The van der Waals surface area contributed by atoms with E-state index in [0.717, 1.165) is 11.3 Å². The van der Waals surface area contributed by atoms with Gasteiger partial charge in [-0.2, -0.15) is 0 Å². The van der Waals surface area contributed by atoms with Gasteiger partial charge in [-0.25, -0.2) is 9.67 Å². The standard InChI is InChI=1S/C16H13N7O/c1-11-15(22-9-3-2-4-14(22)18-11)16(24)19-12-5-7-13(8-6-12)23-10-17-20-21-23/h2-10H,1H3,(H,19,24). The van der Waals surface area contributed by atoms with Gasteiger partial charge in [0.25, 0.3) is 5.91 Å². The number of hydrogen-bond acceptors (Lipinski definition) is 5. The third kappa shape index (κ3) is 2.39. The van der Waals surface area contributed by atoms with Crippen molar-refractivity contribution in [2.75, 3.05) is 5.32 Å². The third-order valence-corrected chi connectivity index (χ3v) is 3.66. The first-order valence-electron chi connectivity index (χ1n) is 7.31. The summed E-state index contributed by atoms with van der Waals surface area (Å²) in [6.07, 6.45) is 3.33. The van der Waals surface area contributed by atoms with E-state index in [2.05, 4.69) is 25.8 Å². The molecule has 0 saturated carbocycles. The molecule has 0 fully saturated rings. The van der Waals surface area contributed by atoms with E-state index in [9.17, 15) is 4.79 Å². The number of aromatic nitrogens is 6. The molecule has 0 radical (unpaired) electrons. The van der Waals surface area contributed by atoms with Crippen LogP contribution >= 0.6 is 0 Å². The zero-order valence-corrected chi connectivity index (χ0v) is 12.8. The van der Waals surface area contributed by atoms with Gasteiger partial charge in [0.15, 0.2) is 0 Å². The van der Waals surface area contributed by atoms with Crippen molar-refractivity contribution >= 4 is 17.2 Å². The first kappa shape index (κ1) is 14.1. The summed E-state index contributed by atoms with van der Waals surface area (Å²) in [6.45, 7) is 1.82. The molecule has 0 unspecified atom stereocenters. The zero-order valence-electron chi connectivity index (χ0n) is 12.8. The van der Waals surface area contributed by atoms with E-state index >= 15 is 0 Å². The molecule has 0 saturated heterocycles. The van der Waals surface area contributed by atoms with Crippen LogP contribution in [0.3, 0.4) is 0 Å². The second-order valence-electron chi connectivity index (χ2n) is 5.23. The number of imidazole rings is 1. The van der Waals surface area contributed by atoms with Crippen LogP contribution in [0, 0.1) is 6.92 Å². The van der Waals surface area contributed by atoms with Gasteiger partial charge in [-0.3, -0.25) is 9.20 Å². The summed E-state index contributed by atoms with van der Waals surface area (Å²) in [7, 11) is 0. The van der Waals surface area contributed by atoms with Crippen LogP contribution in [0.2, 0.25) is 0 Å². The van der Waals surface area contributed by atoms with E-state index in [4.69, 9.17) is 0 Å². The lowest BCUT2D eigenvalue weighted by atomic mass is 10.2. The fraction of sp³-hybridized carbons (Fsp3) is 0.0625. The van der Waals surface area contributed by atoms with Gasteiger partial charge in [-0.15, -0.1) is 5.10 Å². The van der Waals surface area contributed by atoms with Crippen molar-refractivity contribution in [1.82, 2.24) is 29.6 Å². The quantitative estimate of drug-likeness (QED) is 0.622. The minimum atomic E-state index is -0.207. The average molecular weight is 319 g/mol. The number of hydrogen-bond donors (Lipinski definition) is 1. The van der Waals surface area contributed by atoms with Crippen LogP contribution in [0.15, 0.2) is 55.0 Å². The Morgan fingerprint density at radius 3 is 2.71 bits per heavy atom. The van der Waals surface area contributed by atoms with Gasteiger partial charge in [0.2, 0.25) is 0 Å². The van der Waals surface area contributed by atoms with E-state index in [0.29, 0.717) is 17.1 Å². The Hall–Kier alpha value is -3.55. The molecule has 0 aliphatic heterocycles. The topological polar surface area (TPSA) is 90.0 Å². The number of tetrazole rings is 1. The van der Waals surface area contributed by atoms with Gasteiger partial charge >= 0.3 is 0 Å². The number of fused-ring (bicyclic) bond motifs is 1. The number of nitrogens with zero attached hydrogens (tertiary/aromatic N) is 6. The first-order chi connectivity index (χ1) is 11.7. The van der Waals surface area contributed by atoms with E-state index in [1.165, 1.54) is 6.33 Å². The molecular formula is C16H13N7O. The minimum absolute atomic E-state index is 0.207. The fourth-order valence-corrected chi connectivity index (χ4v) is 2.55. The lowest BCUT2D eigenvalue weighted by Crippen LogP contribution is -2.15. The third-order valence-electron chi connectivity index (χ3n) is 3.66. The monoisotopic (exact) mass is 319 g/mol. The van der Waals surface area contributed by atoms with Crippen LogP contribution < -0.4 is 5.32 Å². The number of carbonyl (C=O) groups excluding carboxylic acids is 1. The van der Waals surface area contributed by atoms with Crippen LogP contribution in [0.25, 0.3) is 11.3 Å². The summed E-state index contributed by atoms with van der Waals surface area (Å²) >= 11 is 0.